The van der Waals surface area contributed by atoms with Crippen molar-refractivity contribution in [2.24, 2.45) is 4.99 Å². The number of hydrogen-bond acceptors (Lipinski definition) is 3. The third-order valence-electron chi connectivity index (χ3n) is 4.10. The average Bonchev–Trinajstić information content (AvgIpc) is 3.04. The minimum Gasteiger partial charge on any atom is -0.478 e. The Bertz CT molecular complexity index is 778. The van der Waals surface area contributed by atoms with E-state index in [1.165, 1.54) is 0 Å². The highest BCUT2D eigenvalue weighted by Crippen LogP contribution is 2.22. The maximum absolute atomic E-state index is 11.0. The van der Waals surface area contributed by atoms with Crippen LogP contribution in [0.25, 0.3) is 0 Å². The van der Waals surface area contributed by atoms with E-state index in [4.69, 9.17) is 10.2 Å². The highest BCUT2D eigenvalue weighted by molar-refractivity contribution is 5.88. The van der Waals surface area contributed by atoms with E-state index >= 15 is 0 Å². The molecule has 0 aromatic heterocycles. The van der Waals surface area contributed by atoms with Crippen LogP contribution in [0.15, 0.2) is 65.9 Å². The second-order valence-electron chi connectivity index (χ2n) is 5.99. The molecule has 0 bridgehead atoms. The lowest BCUT2D eigenvalue weighted by Gasteiger charge is -2.27. The van der Waals surface area contributed by atoms with Gasteiger partial charge in [-0.25, -0.2) is 19.1 Å². The van der Waals surface area contributed by atoms with Crippen molar-refractivity contribution in [3.8, 4) is 0 Å². The van der Waals surface area contributed by atoms with Crippen molar-refractivity contribution >= 4 is 18.3 Å². The van der Waals surface area contributed by atoms with Gasteiger partial charge in [-0.3, -0.25) is 0 Å². The summed E-state index contributed by atoms with van der Waals surface area (Å²) in [5.74, 6) is -1.90. The van der Waals surface area contributed by atoms with Gasteiger partial charge in [0.25, 0.3) is 0 Å². The van der Waals surface area contributed by atoms with Crippen LogP contribution in [-0.2, 0) is 13.1 Å². The molecule has 25 heavy (non-hydrogen) atoms. The van der Waals surface area contributed by atoms with E-state index in [2.05, 4.69) is 4.99 Å². The summed E-state index contributed by atoms with van der Waals surface area (Å²) in [6.45, 7) is 1.25. The molecule has 0 saturated heterocycles. The number of carbonyl (C=O) groups is 2. The Labute approximate surface area is 144 Å². The molecule has 0 fully saturated rings. The van der Waals surface area contributed by atoms with Crippen LogP contribution in [0.4, 0.5) is 0 Å². The van der Waals surface area contributed by atoms with E-state index in [9.17, 15) is 9.59 Å². The van der Waals surface area contributed by atoms with Gasteiger partial charge in [0.1, 0.15) is 19.3 Å². The van der Waals surface area contributed by atoms with Crippen molar-refractivity contribution in [2.45, 2.75) is 13.1 Å². The zero-order valence-electron chi connectivity index (χ0n) is 13.4. The summed E-state index contributed by atoms with van der Waals surface area (Å²) in [7, 11) is 0. The van der Waals surface area contributed by atoms with Gasteiger partial charge in [-0.2, -0.15) is 0 Å². The second-order valence-corrected chi connectivity index (χ2v) is 5.99. The van der Waals surface area contributed by atoms with Gasteiger partial charge >= 0.3 is 11.9 Å². The molecule has 0 amide bonds. The summed E-state index contributed by atoms with van der Waals surface area (Å²) in [4.78, 5) is 26.1. The Balaban J connectivity index is 1.80. The van der Waals surface area contributed by atoms with E-state index < -0.39 is 11.9 Å². The van der Waals surface area contributed by atoms with Gasteiger partial charge in [-0.1, -0.05) is 24.3 Å². The predicted octanol–water partition coefficient (Wildman–Crippen LogP) is 3.11. The van der Waals surface area contributed by atoms with Gasteiger partial charge in [0.15, 0.2) is 6.34 Å². The second kappa shape index (κ2) is 6.70. The fourth-order valence-corrected chi connectivity index (χ4v) is 2.81. The lowest BCUT2D eigenvalue weighted by atomic mass is 10.1. The average molecular weight is 337 g/mol. The molecule has 1 heterocycles. The Morgan fingerprint density at radius 2 is 1.24 bits per heavy atom. The van der Waals surface area contributed by atoms with Crippen molar-refractivity contribution in [3.05, 3.63) is 83.2 Å². The Morgan fingerprint density at radius 3 is 1.56 bits per heavy atom. The zero-order valence-corrected chi connectivity index (χ0v) is 13.4. The molecule has 0 spiro atoms. The van der Waals surface area contributed by atoms with Crippen molar-refractivity contribution in [1.82, 2.24) is 0 Å². The lowest BCUT2D eigenvalue weighted by Crippen LogP contribution is -2.38. The Hall–Kier alpha value is -3.25. The summed E-state index contributed by atoms with van der Waals surface area (Å²) < 4.78 is 0.457. The fraction of sp³-hybridized carbons (Fsp3) is 0.105. The number of carboxylic acid groups (broad SMARTS) is 2. The normalized spacial score (nSPS) is 14.6. The maximum atomic E-state index is 11.0. The van der Waals surface area contributed by atoms with E-state index in [-0.39, 0.29) is 11.1 Å². The van der Waals surface area contributed by atoms with Gasteiger partial charge < -0.3 is 10.2 Å². The summed E-state index contributed by atoms with van der Waals surface area (Å²) in [5.41, 5.74) is 2.49. The predicted molar refractivity (Wildman–Crippen MR) is 92.1 cm³/mol. The molecule has 2 aromatic rings. The molecule has 6 heteroatoms. The highest BCUT2D eigenvalue weighted by atomic mass is 16.4. The molecule has 3 rings (SSSR count). The number of carboxylic acids is 2. The van der Waals surface area contributed by atoms with Gasteiger partial charge in [-0.05, 0) is 24.3 Å². The third-order valence-corrected chi connectivity index (χ3v) is 4.10. The summed E-state index contributed by atoms with van der Waals surface area (Å²) in [5, 5.41) is 18.0. The molecule has 1 aliphatic heterocycles. The molecule has 0 radical (unpaired) electrons. The molecule has 0 unspecified atom stereocenters. The topological polar surface area (TPSA) is 87.0 Å². The van der Waals surface area contributed by atoms with E-state index in [0.717, 1.165) is 11.1 Å². The third kappa shape index (κ3) is 3.81. The minimum absolute atomic E-state index is 0.255. The van der Waals surface area contributed by atoms with E-state index in [1.54, 1.807) is 54.7 Å². The summed E-state index contributed by atoms with van der Waals surface area (Å²) in [6, 6.07) is 13.6. The lowest BCUT2D eigenvalue weighted by molar-refractivity contribution is -0.808. The number of aliphatic imine (C=N–C) groups is 1. The molecule has 6 nitrogen and oxygen atoms in total. The molecule has 0 saturated carbocycles. The number of rotatable bonds is 6. The minimum atomic E-state index is -0.948. The quantitative estimate of drug-likeness (QED) is 0.793. The fourth-order valence-electron chi connectivity index (χ4n) is 2.81. The van der Waals surface area contributed by atoms with Crippen LogP contribution in [0.2, 0.25) is 0 Å². The smallest absolute Gasteiger partial charge is 0.335 e. The van der Waals surface area contributed by atoms with Crippen LogP contribution >= 0.6 is 0 Å². The van der Waals surface area contributed by atoms with E-state index in [0.29, 0.717) is 17.6 Å². The molecule has 2 N–H and O–H groups in total. The molecule has 0 aliphatic carbocycles. The first kappa shape index (κ1) is 16.6. The largest absolute Gasteiger partial charge is 0.478 e. The molecule has 126 valence electrons. The van der Waals surface area contributed by atoms with Gasteiger partial charge in [0.2, 0.25) is 0 Å². The molecular weight excluding hydrogens is 320 g/mol. The van der Waals surface area contributed by atoms with Crippen LogP contribution in [0, 0.1) is 0 Å². The molecular formula is C19H17N2O4+. The molecule has 0 atom stereocenters. The van der Waals surface area contributed by atoms with Crippen molar-refractivity contribution in [2.75, 3.05) is 0 Å². The van der Waals surface area contributed by atoms with Gasteiger partial charge in [0.05, 0.1) is 17.3 Å². The van der Waals surface area contributed by atoms with Gasteiger partial charge in [0, 0.05) is 11.1 Å². The number of hydrogen-bond donors (Lipinski definition) is 2. The van der Waals surface area contributed by atoms with Crippen molar-refractivity contribution in [3.63, 3.8) is 0 Å². The first-order valence-corrected chi connectivity index (χ1v) is 7.70. The number of benzene rings is 2. The summed E-state index contributed by atoms with van der Waals surface area (Å²) >= 11 is 0. The zero-order chi connectivity index (χ0) is 17.9. The summed E-state index contributed by atoms with van der Waals surface area (Å²) in [6.07, 6.45) is 5.53. The highest BCUT2D eigenvalue weighted by Gasteiger charge is 2.27. The van der Waals surface area contributed by atoms with Crippen LogP contribution in [0.1, 0.15) is 31.8 Å². The van der Waals surface area contributed by atoms with Gasteiger partial charge in [-0.15, -0.1) is 0 Å². The monoisotopic (exact) mass is 337 g/mol. The number of nitrogens with zero attached hydrogens (tertiary/aromatic N) is 2. The van der Waals surface area contributed by atoms with E-state index in [1.807, 2.05) is 12.5 Å². The van der Waals surface area contributed by atoms with Crippen molar-refractivity contribution in [1.29, 1.82) is 0 Å². The van der Waals surface area contributed by atoms with Crippen LogP contribution in [0.5, 0.6) is 0 Å². The first-order valence-electron chi connectivity index (χ1n) is 7.70. The van der Waals surface area contributed by atoms with Crippen LogP contribution < -0.4 is 0 Å². The molecule has 1 aliphatic rings. The van der Waals surface area contributed by atoms with Crippen molar-refractivity contribution < 1.29 is 24.3 Å². The Kier molecular flexibility index (Phi) is 4.45. The van der Waals surface area contributed by atoms with Crippen LogP contribution in [-0.4, -0.2) is 33.0 Å². The number of aromatic carboxylic acids is 2. The first-order chi connectivity index (χ1) is 12.0. The molecule has 2 aromatic carbocycles. The number of quaternary nitrogens is 1. The maximum Gasteiger partial charge on any atom is 0.335 e. The van der Waals surface area contributed by atoms with Crippen LogP contribution in [0.3, 0.4) is 0 Å². The Morgan fingerprint density at radius 1 is 0.800 bits per heavy atom. The standard InChI is InChI=1S/C19H16N2O4/c22-18(23)16-5-1-14(2-6-16)11-21(10-9-20-13-21)12-15-3-7-17(8-4-15)19(24)25/h1-10,13H,11-12H2,(H-,22,23,24,25)/p+1. The SMILES string of the molecule is O=C(O)c1ccc(C[N+]2(Cc3ccc(C(=O)O)cc3)C=CN=C2)cc1.